The van der Waals surface area contributed by atoms with E-state index in [0.29, 0.717) is 18.7 Å². The number of carbonyl (C=O) groups is 2. The van der Waals surface area contributed by atoms with Crippen LogP contribution >= 0.6 is 0 Å². The Morgan fingerprint density at radius 1 is 1.35 bits per heavy atom. The number of methoxy groups -OCH3 is 1. The third kappa shape index (κ3) is 4.70. The summed E-state index contributed by atoms with van der Waals surface area (Å²) in [5.41, 5.74) is 4.73. The van der Waals surface area contributed by atoms with Crippen LogP contribution in [0.2, 0.25) is 0 Å². The van der Waals surface area contributed by atoms with Gasteiger partial charge in [-0.25, -0.2) is 4.79 Å². The molecule has 31 heavy (non-hydrogen) atoms. The van der Waals surface area contributed by atoms with Gasteiger partial charge in [-0.1, -0.05) is 6.07 Å². The van der Waals surface area contributed by atoms with Gasteiger partial charge in [-0.15, -0.1) is 0 Å². The van der Waals surface area contributed by atoms with Crippen molar-refractivity contribution in [2.75, 3.05) is 20.3 Å². The summed E-state index contributed by atoms with van der Waals surface area (Å²) in [6.45, 7) is 6.84. The molecule has 0 radical (unpaired) electrons. The highest BCUT2D eigenvalue weighted by atomic mass is 16.5. The van der Waals surface area contributed by atoms with Gasteiger partial charge >= 0.3 is 5.97 Å². The number of esters is 1. The van der Waals surface area contributed by atoms with Crippen molar-refractivity contribution >= 4 is 18.0 Å². The maximum atomic E-state index is 12.5. The fourth-order valence-electron chi connectivity index (χ4n) is 3.91. The second-order valence-corrected chi connectivity index (χ2v) is 7.62. The summed E-state index contributed by atoms with van der Waals surface area (Å²) in [6.07, 6.45) is 3.52. The Bertz CT molecular complexity index is 1070. The Hall–Kier alpha value is -3.37. The first-order chi connectivity index (χ1) is 14.9. The molecule has 7 nitrogen and oxygen atoms in total. The van der Waals surface area contributed by atoms with Gasteiger partial charge in [0, 0.05) is 30.2 Å². The normalized spacial score (nSPS) is 16.1. The van der Waals surface area contributed by atoms with Gasteiger partial charge in [0.15, 0.2) is 0 Å². The Kier molecular flexibility index (Phi) is 6.93. The average Bonchev–Trinajstić information content (AvgIpc) is 3.38. The van der Waals surface area contributed by atoms with Gasteiger partial charge in [-0.2, -0.15) is 5.26 Å². The Labute approximate surface area is 182 Å². The molecule has 0 unspecified atom stereocenters. The topological polar surface area (TPSA) is 93.4 Å². The fourth-order valence-corrected chi connectivity index (χ4v) is 3.91. The molecule has 1 aliphatic heterocycles. The second-order valence-electron chi connectivity index (χ2n) is 7.62. The van der Waals surface area contributed by atoms with Crippen LogP contribution in [0.4, 0.5) is 0 Å². The molecular weight excluding hydrogens is 394 g/mol. The minimum absolute atomic E-state index is 0.0130. The lowest BCUT2D eigenvalue weighted by atomic mass is 10.1. The molecule has 2 aromatic rings. The van der Waals surface area contributed by atoms with Crippen LogP contribution in [0, 0.1) is 32.1 Å². The van der Waals surface area contributed by atoms with Crippen molar-refractivity contribution in [2.24, 2.45) is 0 Å². The third-order valence-electron chi connectivity index (χ3n) is 5.60. The summed E-state index contributed by atoms with van der Waals surface area (Å²) in [7, 11) is 1.36. The van der Waals surface area contributed by atoms with Crippen molar-refractivity contribution < 1.29 is 19.1 Å². The first-order valence-electron chi connectivity index (χ1n) is 10.3. The van der Waals surface area contributed by atoms with Crippen LogP contribution in [-0.2, 0) is 14.3 Å². The first kappa shape index (κ1) is 22.3. The third-order valence-corrected chi connectivity index (χ3v) is 5.60. The van der Waals surface area contributed by atoms with Crippen molar-refractivity contribution in [1.82, 2.24) is 9.88 Å². The number of nitrogens with one attached hydrogen (secondary N) is 1. The summed E-state index contributed by atoms with van der Waals surface area (Å²) in [5.74, 6) is -0.803. The lowest BCUT2D eigenvalue weighted by molar-refractivity contribution is -0.117. The number of hydrogen-bond donors (Lipinski definition) is 1. The number of amides is 1. The molecule has 0 spiro atoms. The molecule has 1 atom stereocenters. The van der Waals surface area contributed by atoms with E-state index in [-0.39, 0.29) is 11.7 Å². The highest BCUT2D eigenvalue weighted by molar-refractivity contribution is 6.01. The fraction of sp³-hybridized carbons (Fsp3) is 0.375. The lowest BCUT2D eigenvalue weighted by Gasteiger charge is -2.15. The highest BCUT2D eigenvalue weighted by Crippen LogP contribution is 2.26. The summed E-state index contributed by atoms with van der Waals surface area (Å²) in [4.78, 5) is 24.6. The van der Waals surface area contributed by atoms with Gasteiger partial charge in [0.1, 0.15) is 11.6 Å². The first-order valence-corrected chi connectivity index (χ1v) is 10.3. The van der Waals surface area contributed by atoms with Crippen molar-refractivity contribution in [3.8, 4) is 11.8 Å². The van der Waals surface area contributed by atoms with Crippen LogP contribution in [0.25, 0.3) is 11.8 Å². The molecule has 1 saturated heterocycles. The largest absolute Gasteiger partial charge is 0.465 e. The Morgan fingerprint density at radius 3 is 2.77 bits per heavy atom. The van der Waals surface area contributed by atoms with Crippen LogP contribution in [0.5, 0.6) is 0 Å². The van der Waals surface area contributed by atoms with Gasteiger partial charge in [0.25, 0.3) is 5.91 Å². The molecule has 0 aliphatic carbocycles. The number of benzene rings is 1. The second kappa shape index (κ2) is 9.63. The number of nitrogens with zero attached hydrogens (tertiary/aromatic N) is 2. The number of hydrogen-bond acceptors (Lipinski definition) is 5. The van der Waals surface area contributed by atoms with Crippen molar-refractivity contribution in [1.29, 1.82) is 5.26 Å². The predicted octanol–water partition coefficient (Wildman–Crippen LogP) is 3.39. The highest BCUT2D eigenvalue weighted by Gasteiger charge is 2.19. The molecule has 1 aromatic carbocycles. The van der Waals surface area contributed by atoms with Crippen LogP contribution in [-0.4, -0.2) is 42.8 Å². The van der Waals surface area contributed by atoms with Crippen molar-refractivity contribution in [3.05, 3.63) is 57.9 Å². The van der Waals surface area contributed by atoms with Gasteiger partial charge in [0.05, 0.1) is 18.8 Å². The molecule has 0 bridgehead atoms. The number of rotatable bonds is 6. The van der Waals surface area contributed by atoms with Crippen LogP contribution in [0.15, 0.2) is 29.8 Å². The smallest absolute Gasteiger partial charge is 0.338 e. The van der Waals surface area contributed by atoms with E-state index in [0.717, 1.165) is 41.0 Å². The van der Waals surface area contributed by atoms with E-state index >= 15 is 0 Å². The van der Waals surface area contributed by atoms with Crippen LogP contribution < -0.4 is 5.32 Å². The van der Waals surface area contributed by atoms with E-state index in [1.54, 1.807) is 12.1 Å². The molecular formula is C24H27N3O4. The SMILES string of the molecule is COC(=O)c1cccc(-n2c(C)cc(/C=C(\C#N)C(=O)NC[C@@H]3CCCO3)c2C)c1C. The monoisotopic (exact) mass is 421 g/mol. The van der Waals surface area contributed by atoms with Gasteiger partial charge < -0.3 is 19.4 Å². The van der Waals surface area contributed by atoms with E-state index in [2.05, 4.69) is 5.32 Å². The van der Waals surface area contributed by atoms with E-state index in [1.807, 2.05) is 49.6 Å². The van der Waals surface area contributed by atoms with Gasteiger partial charge in [-0.3, -0.25) is 4.79 Å². The number of carbonyl (C=O) groups excluding carboxylic acids is 2. The lowest BCUT2D eigenvalue weighted by Crippen LogP contribution is -2.32. The van der Waals surface area contributed by atoms with Crippen molar-refractivity contribution in [3.63, 3.8) is 0 Å². The zero-order valence-corrected chi connectivity index (χ0v) is 18.3. The standard InChI is InChI=1S/C24H27N3O4/c1-15-11-18(12-19(13-25)23(28)26-14-20-7-6-10-31-20)17(3)27(15)22-9-5-8-21(16(22)2)24(29)30-4/h5,8-9,11-12,20H,6-7,10,14H2,1-4H3,(H,26,28)/b19-12+/t20-/m0/s1. The molecule has 1 aromatic heterocycles. The molecule has 162 valence electrons. The predicted molar refractivity (Wildman–Crippen MR) is 117 cm³/mol. The van der Waals surface area contributed by atoms with Gasteiger partial charge in [-0.05, 0) is 69.0 Å². The molecule has 0 saturated carbocycles. The number of nitriles is 1. The molecule has 1 fully saturated rings. The number of aryl methyl sites for hydroxylation is 1. The molecule has 2 heterocycles. The summed E-state index contributed by atoms with van der Waals surface area (Å²) in [5, 5.41) is 12.3. The summed E-state index contributed by atoms with van der Waals surface area (Å²) in [6, 6.07) is 9.38. The van der Waals surface area contributed by atoms with Gasteiger partial charge in [0.2, 0.25) is 0 Å². The van der Waals surface area contributed by atoms with E-state index in [4.69, 9.17) is 9.47 Å². The van der Waals surface area contributed by atoms with Crippen LogP contribution in [0.3, 0.4) is 0 Å². The number of aromatic nitrogens is 1. The molecule has 7 heteroatoms. The van der Waals surface area contributed by atoms with Crippen LogP contribution in [0.1, 0.15) is 45.7 Å². The maximum Gasteiger partial charge on any atom is 0.338 e. The minimum atomic E-state index is -0.410. The molecule has 1 aliphatic rings. The zero-order valence-electron chi connectivity index (χ0n) is 18.3. The summed E-state index contributed by atoms with van der Waals surface area (Å²) >= 11 is 0. The Balaban J connectivity index is 1.91. The molecule has 3 rings (SSSR count). The van der Waals surface area contributed by atoms with E-state index in [9.17, 15) is 14.9 Å². The average molecular weight is 421 g/mol. The summed E-state index contributed by atoms with van der Waals surface area (Å²) < 4.78 is 12.4. The maximum absolute atomic E-state index is 12.5. The minimum Gasteiger partial charge on any atom is -0.465 e. The van der Waals surface area contributed by atoms with E-state index < -0.39 is 11.9 Å². The Morgan fingerprint density at radius 2 is 2.13 bits per heavy atom. The zero-order chi connectivity index (χ0) is 22.5. The number of ether oxygens (including phenoxy) is 2. The quantitative estimate of drug-likeness (QED) is 0.438. The molecule has 1 amide bonds. The van der Waals surface area contributed by atoms with Crippen molar-refractivity contribution in [2.45, 2.75) is 39.7 Å². The van der Waals surface area contributed by atoms with E-state index in [1.165, 1.54) is 7.11 Å². The molecule has 1 N–H and O–H groups in total.